The molecule has 2 heterocycles. The normalized spacial score (nSPS) is 19.9. The fraction of sp³-hybridized carbons (Fsp3) is 0.286. The minimum Gasteiger partial charge on any atom is -0.460 e. The number of aryl methyl sites for hydroxylation is 1. The summed E-state index contributed by atoms with van der Waals surface area (Å²) in [6.45, 7) is 2.17. The van der Waals surface area contributed by atoms with Gasteiger partial charge in [-0.25, -0.2) is 18.0 Å². The first-order valence-corrected chi connectivity index (χ1v) is 11.2. The molecule has 0 bridgehead atoms. The molecule has 0 unspecified atom stereocenters. The summed E-state index contributed by atoms with van der Waals surface area (Å²) >= 11 is 0. The molecule has 2 aromatic carbocycles. The molecule has 0 saturated carbocycles. The van der Waals surface area contributed by atoms with Gasteiger partial charge in [-0.1, -0.05) is 29.8 Å². The second-order valence-corrected chi connectivity index (χ2v) is 9.28. The van der Waals surface area contributed by atoms with E-state index in [0.29, 0.717) is 11.3 Å². The molecule has 0 aliphatic carbocycles. The smallest absolute Gasteiger partial charge is 0.424 e. The lowest BCUT2D eigenvalue weighted by molar-refractivity contribution is -0.137. The third-order valence-corrected chi connectivity index (χ3v) is 7.33. The molecule has 2 fully saturated rings. The van der Waals surface area contributed by atoms with Gasteiger partial charge in [0.15, 0.2) is 0 Å². The van der Waals surface area contributed by atoms with E-state index < -0.39 is 34.2 Å². The highest BCUT2D eigenvalue weighted by molar-refractivity contribution is 7.89. The van der Waals surface area contributed by atoms with Crippen molar-refractivity contribution in [2.75, 3.05) is 25.1 Å². The van der Waals surface area contributed by atoms with E-state index in [0.717, 1.165) is 9.87 Å². The number of hydrogen-bond donors (Lipinski definition) is 0. The number of hydrogen-bond acceptors (Lipinski definition) is 7. The number of carbonyl (C=O) groups is 2. The summed E-state index contributed by atoms with van der Waals surface area (Å²) in [6, 6.07) is 12.1. The van der Waals surface area contributed by atoms with Crippen LogP contribution in [-0.2, 0) is 24.3 Å². The summed E-state index contributed by atoms with van der Waals surface area (Å²) in [4.78, 5) is 29.3. The summed E-state index contributed by atoms with van der Waals surface area (Å²) < 4.78 is 37.2. The predicted molar refractivity (Wildman–Crippen MR) is 113 cm³/mol. The van der Waals surface area contributed by atoms with Crippen LogP contribution in [0.5, 0.6) is 0 Å². The number of carbonyl (C=O) groups excluding carboxylic acids is 2. The zero-order chi connectivity index (χ0) is 23.0. The number of amides is 1. The van der Waals surface area contributed by atoms with E-state index in [9.17, 15) is 23.5 Å². The standard InChI is InChI=1S/C21H20N4O6S/c1-13-7-9-14(10-8-13)32(28,29)25-17-11-24(12-18(17)31-21(25)27)16-6-4-3-5-15(16)19(23-22)20(26)30-2/h3-10,17-18H,11-12H2,1-2H3/t17-,18+/m0/s1. The first kappa shape index (κ1) is 21.5. The van der Waals surface area contributed by atoms with Crippen molar-refractivity contribution in [3.05, 3.63) is 65.2 Å². The molecule has 2 saturated heterocycles. The molecule has 2 aliphatic rings. The van der Waals surface area contributed by atoms with E-state index in [1.165, 1.54) is 19.2 Å². The largest absolute Gasteiger partial charge is 0.460 e. The van der Waals surface area contributed by atoms with Crippen molar-refractivity contribution in [3.8, 4) is 0 Å². The highest BCUT2D eigenvalue weighted by Crippen LogP contribution is 2.35. The lowest BCUT2D eigenvalue weighted by atomic mass is 10.1. The van der Waals surface area contributed by atoms with Crippen molar-refractivity contribution in [2.24, 2.45) is 0 Å². The van der Waals surface area contributed by atoms with Gasteiger partial charge in [-0.05, 0) is 31.2 Å². The Morgan fingerprint density at radius 3 is 2.50 bits per heavy atom. The zero-order valence-corrected chi connectivity index (χ0v) is 18.2. The van der Waals surface area contributed by atoms with Crippen LogP contribution in [-0.4, -0.2) is 67.6 Å². The quantitative estimate of drug-likeness (QED) is 0.289. The number of benzene rings is 2. The van der Waals surface area contributed by atoms with Crippen LogP contribution < -0.4 is 4.90 Å². The van der Waals surface area contributed by atoms with E-state index in [4.69, 9.17) is 4.74 Å². The molecular weight excluding hydrogens is 436 g/mol. The molecule has 0 spiro atoms. The predicted octanol–water partition coefficient (Wildman–Crippen LogP) is 1.59. The second kappa shape index (κ2) is 8.10. The lowest BCUT2D eigenvalue weighted by Gasteiger charge is -2.24. The highest BCUT2D eigenvalue weighted by Gasteiger charge is 2.53. The van der Waals surface area contributed by atoms with Crippen LogP contribution in [0.3, 0.4) is 0 Å². The van der Waals surface area contributed by atoms with Gasteiger partial charge in [0.2, 0.25) is 0 Å². The maximum atomic E-state index is 13.2. The van der Waals surface area contributed by atoms with Gasteiger partial charge in [-0.3, -0.25) is 0 Å². The molecule has 166 valence electrons. The van der Waals surface area contributed by atoms with Gasteiger partial charge < -0.3 is 19.9 Å². The SMILES string of the molecule is COC(=O)C(=[N+]=[N-])c1ccccc1N1C[C@H]2OC(=O)N(S(=O)(=O)c3ccc(C)cc3)[C@H]2C1. The van der Waals surface area contributed by atoms with Gasteiger partial charge in [0.1, 0.15) is 12.1 Å². The van der Waals surface area contributed by atoms with Crippen LogP contribution in [0.4, 0.5) is 10.5 Å². The molecule has 1 amide bonds. The fourth-order valence-corrected chi connectivity index (χ4v) is 5.47. The average Bonchev–Trinajstić information content (AvgIpc) is 3.31. The Bertz CT molecular complexity index is 1240. The average molecular weight is 456 g/mol. The summed E-state index contributed by atoms with van der Waals surface area (Å²) in [7, 11) is -2.95. The first-order chi connectivity index (χ1) is 15.3. The van der Waals surface area contributed by atoms with E-state index in [-0.39, 0.29) is 23.7 Å². The van der Waals surface area contributed by atoms with Crippen LogP contribution in [0, 0.1) is 6.92 Å². The van der Waals surface area contributed by atoms with Gasteiger partial charge in [-0.2, -0.15) is 9.10 Å². The molecule has 0 aromatic heterocycles. The lowest BCUT2D eigenvalue weighted by Crippen LogP contribution is -2.42. The van der Waals surface area contributed by atoms with Gasteiger partial charge in [0, 0.05) is 6.54 Å². The molecule has 10 nitrogen and oxygen atoms in total. The van der Waals surface area contributed by atoms with Crippen molar-refractivity contribution >= 4 is 33.5 Å². The molecule has 11 heteroatoms. The maximum absolute atomic E-state index is 13.2. The van der Waals surface area contributed by atoms with Gasteiger partial charge in [0.25, 0.3) is 10.0 Å². The number of sulfonamides is 1. The number of rotatable bonds is 5. The number of esters is 1. The van der Waals surface area contributed by atoms with E-state index >= 15 is 0 Å². The van der Waals surface area contributed by atoms with E-state index in [2.05, 4.69) is 9.53 Å². The number of ether oxygens (including phenoxy) is 2. The van der Waals surface area contributed by atoms with Crippen molar-refractivity contribution in [2.45, 2.75) is 24.0 Å². The van der Waals surface area contributed by atoms with Crippen molar-refractivity contribution in [1.29, 1.82) is 0 Å². The molecule has 0 radical (unpaired) electrons. The Balaban J connectivity index is 1.67. The molecule has 4 rings (SSSR count). The van der Waals surface area contributed by atoms with Gasteiger partial charge in [0.05, 0.1) is 29.8 Å². The first-order valence-electron chi connectivity index (χ1n) is 9.74. The molecule has 2 atom stereocenters. The van der Waals surface area contributed by atoms with Crippen molar-refractivity contribution in [1.82, 2.24) is 4.31 Å². The van der Waals surface area contributed by atoms with Gasteiger partial charge in [-0.15, -0.1) is 0 Å². The fourth-order valence-electron chi connectivity index (χ4n) is 3.96. The number of fused-ring (bicyclic) bond motifs is 1. The second-order valence-electron chi connectivity index (χ2n) is 7.47. The van der Waals surface area contributed by atoms with E-state index in [1.54, 1.807) is 41.3 Å². The van der Waals surface area contributed by atoms with Crippen LogP contribution in [0.1, 0.15) is 11.1 Å². The molecule has 2 aromatic rings. The Morgan fingerprint density at radius 1 is 1.16 bits per heavy atom. The molecule has 2 aliphatic heterocycles. The molecule has 32 heavy (non-hydrogen) atoms. The Morgan fingerprint density at radius 2 is 1.84 bits per heavy atom. The molecular formula is C21H20N4O6S. The summed E-state index contributed by atoms with van der Waals surface area (Å²) in [6.07, 6.45) is -1.61. The van der Waals surface area contributed by atoms with E-state index in [1.807, 2.05) is 6.92 Å². The Kier molecular flexibility index (Phi) is 5.45. The van der Waals surface area contributed by atoms with Crippen LogP contribution in [0.2, 0.25) is 0 Å². The number of methoxy groups -OCH3 is 1. The monoisotopic (exact) mass is 456 g/mol. The molecule has 0 N–H and O–H groups in total. The topological polar surface area (TPSA) is 130 Å². The highest BCUT2D eigenvalue weighted by atomic mass is 32.2. The minimum atomic E-state index is -4.12. The Hall–Kier alpha value is -3.69. The third kappa shape index (κ3) is 3.51. The third-order valence-electron chi connectivity index (χ3n) is 5.53. The minimum absolute atomic E-state index is 0.0000542. The number of anilines is 1. The summed E-state index contributed by atoms with van der Waals surface area (Å²) in [5, 5.41) is 0. The van der Waals surface area contributed by atoms with Crippen LogP contribution in [0.15, 0.2) is 53.4 Å². The zero-order valence-electron chi connectivity index (χ0n) is 17.3. The summed E-state index contributed by atoms with van der Waals surface area (Å²) in [5.74, 6) is -0.825. The summed E-state index contributed by atoms with van der Waals surface area (Å²) in [5.41, 5.74) is 10.8. The van der Waals surface area contributed by atoms with Crippen LogP contribution >= 0.6 is 0 Å². The van der Waals surface area contributed by atoms with Gasteiger partial charge >= 0.3 is 17.8 Å². The number of nitrogens with zero attached hydrogens (tertiary/aromatic N) is 4. The Labute approximate surface area is 184 Å². The van der Waals surface area contributed by atoms with Crippen LogP contribution in [0.25, 0.3) is 5.53 Å². The van der Waals surface area contributed by atoms with Crippen molar-refractivity contribution in [3.63, 3.8) is 0 Å². The van der Waals surface area contributed by atoms with Crippen molar-refractivity contribution < 1.29 is 32.3 Å². The number of para-hydroxylation sites is 1. The maximum Gasteiger partial charge on any atom is 0.424 e.